The molecule has 6 aromatic rings. The number of aryl methyl sites for hydroxylation is 1. The third kappa shape index (κ3) is 4.20. The van der Waals surface area contributed by atoms with Crippen LogP contribution in [0.1, 0.15) is 33.9 Å². The van der Waals surface area contributed by atoms with E-state index in [4.69, 9.17) is 20.4 Å². The normalized spacial score (nSPS) is 14.2. The highest BCUT2D eigenvalue weighted by Gasteiger charge is 2.27. The van der Waals surface area contributed by atoms with Crippen molar-refractivity contribution in [1.82, 2.24) is 39.6 Å². The molecule has 1 aliphatic rings. The Morgan fingerprint density at radius 3 is 2.79 bits per heavy atom. The average molecular weight is 562 g/mol. The Labute approximate surface area is 238 Å². The van der Waals surface area contributed by atoms with Crippen molar-refractivity contribution in [3.05, 3.63) is 102 Å². The standard InChI is InChI=1S/C30H24FN9O2/c1-42-30-25(31)20(11-14-34-30)29(41)37-22-8-5-17-16-18(6-7-19(17)22)40-27(21-4-2-12-33-26(21)32)36-23-9-10-24(38-28(23)40)39-15-3-13-35-39/h2-4,6-7,9-16,22H,5,8H2,1H3,(H2,32,33)(H,37,41)/t22-/m0/s1. The molecule has 0 bridgehead atoms. The molecule has 0 saturated carbocycles. The number of hydrogen-bond acceptors (Lipinski definition) is 8. The second kappa shape index (κ2) is 10.1. The Bertz CT molecular complexity index is 1970. The Balaban J connectivity index is 1.29. The third-order valence-corrected chi connectivity index (χ3v) is 7.37. The molecule has 0 radical (unpaired) electrons. The number of nitrogens with two attached hydrogens (primary N) is 1. The molecule has 11 nitrogen and oxygen atoms in total. The number of methoxy groups -OCH3 is 1. The molecule has 1 atom stereocenters. The number of fused-ring (bicyclic) bond motifs is 2. The molecule has 5 heterocycles. The van der Waals surface area contributed by atoms with Gasteiger partial charge in [-0.1, -0.05) is 6.07 Å². The number of carbonyl (C=O) groups is 1. The summed E-state index contributed by atoms with van der Waals surface area (Å²) in [5.41, 5.74) is 11.0. The number of pyridine rings is 3. The van der Waals surface area contributed by atoms with Gasteiger partial charge in [-0.25, -0.2) is 29.0 Å². The van der Waals surface area contributed by atoms with Gasteiger partial charge in [0.25, 0.3) is 11.8 Å². The highest BCUT2D eigenvalue weighted by atomic mass is 19.1. The summed E-state index contributed by atoms with van der Waals surface area (Å²) in [5.74, 6) is 0.0582. The fourth-order valence-corrected chi connectivity index (χ4v) is 5.38. The van der Waals surface area contributed by atoms with E-state index in [-0.39, 0.29) is 17.5 Å². The predicted molar refractivity (Wildman–Crippen MR) is 153 cm³/mol. The van der Waals surface area contributed by atoms with Gasteiger partial charge in [0.1, 0.15) is 11.3 Å². The van der Waals surface area contributed by atoms with Gasteiger partial charge >= 0.3 is 0 Å². The van der Waals surface area contributed by atoms with E-state index < -0.39 is 11.7 Å². The van der Waals surface area contributed by atoms with Crippen LogP contribution in [0, 0.1) is 5.82 Å². The monoisotopic (exact) mass is 561 g/mol. The van der Waals surface area contributed by atoms with E-state index in [1.165, 1.54) is 19.4 Å². The van der Waals surface area contributed by atoms with Crippen molar-refractivity contribution in [3.63, 3.8) is 0 Å². The fourth-order valence-electron chi connectivity index (χ4n) is 5.38. The molecule has 0 spiro atoms. The lowest BCUT2D eigenvalue weighted by atomic mass is 10.1. The van der Waals surface area contributed by atoms with Crippen molar-refractivity contribution in [2.24, 2.45) is 0 Å². The molecule has 0 aliphatic heterocycles. The highest BCUT2D eigenvalue weighted by Crippen LogP contribution is 2.36. The number of nitrogens with zero attached hydrogens (tertiary/aromatic N) is 7. The lowest BCUT2D eigenvalue weighted by Crippen LogP contribution is -2.28. The zero-order valence-electron chi connectivity index (χ0n) is 22.4. The van der Waals surface area contributed by atoms with Gasteiger partial charge in [0.15, 0.2) is 23.1 Å². The molecular weight excluding hydrogens is 537 g/mol. The van der Waals surface area contributed by atoms with Gasteiger partial charge in [-0.2, -0.15) is 5.10 Å². The van der Waals surface area contributed by atoms with Gasteiger partial charge in [0.2, 0.25) is 0 Å². The predicted octanol–water partition coefficient (Wildman–Crippen LogP) is 4.21. The van der Waals surface area contributed by atoms with Crippen molar-refractivity contribution in [3.8, 4) is 28.8 Å². The van der Waals surface area contributed by atoms with E-state index in [0.29, 0.717) is 40.6 Å². The summed E-state index contributed by atoms with van der Waals surface area (Å²) in [4.78, 5) is 30.9. The Morgan fingerprint density at radius 2 is 1.98 bits per heavy atom. The van der Waals surface area contributed by atoms with Crippen molar-refractivity contribution in [2.75, 3.05) is 12.8 Å². The van der Waals surface area contributed by atoms with Gasteiger partial charge in [-0.15, -0.1) is 0 Å². The number of benzene rings is 1. The van der Waals surface area contributed by atoms with Gasteiger partial charge < -0.3 is 15.8 Å². The number of halogens is 1. The highest BCUT2D eigenvalue weighted by molar-refractivity contribution is 5.95. The number of amides is 1. The SMILES string of the molecule is COc1nccc(C(=O)N[C@H]2CCc3cc(-n4c(-c5cccnc5N)nc5ccc(-n6cccn6)nc54)ccc32)c1F. The number of carbonyl (C=O) groups excluding carboxylic acids is 1. The maximum Gasteiger partial charge on any atom is 0.255 e. The second-order valence-electron chi connectivity index (χ2n) is 9.80. The zero-order chi connectivity index (χ0) is 28.8. The van der Waals surface area contributed by atoms with Crippen LogP contribution >= 0.6 is 0 Å². The van der Waals surface area contributed by atoms with Crippen LogP contribution in [0.3, 0.4) is 0 Å². The molecule has 208 valence electrons. The van der Waals surface area contributed by atoms with Crippen LogP contribution in [0.5, 0.6) is 5.88 Å². The first-order chi connectivity index (χ1) is 20.5. The van der Waals surface area contributed by atoms with Gasteiger partial charge in [0, 0.05) is 30.5 Å². The minimum Gasteiger partial charge on any atom is -0.479 e. The summed E-state index contributed by atoms with van der Waals surface area (Å²) in [5, 5.41) is 7.28. The molecule has 12 heteroatoms. The first-order valence-corrected chi connectivity index (χ1v) is 13.2. The Morgan fingerprint density at radius 1 is 1.07 bits per heavy atom. The number of aromatic nitrogens is 7. The Kier molecular flexibility index (Phi) is 6.07. The van der Waals surface area contributed by atoms with Gasteiger partial charge in [-0.05, 0) is 72.5 Å². The van der Waals surface area contributed by atoms with Crippen molar-refractivity contribution in [2.45, 2.75) is 18.9 Å². The van der Waals surface area contributed by atoms with Crippen molar-refractivity contribution in [1.29, 1.82) is 0 Å². The largest absolute Gasteiger partial charge is 0.479 e. The number of nitrogens with one attached hydrogen (secondary N) is 1. The van der Waals surface area contributed by atoms with Crippen LogP contribution in [-0.2, 0) is 6.42 Å². The van der Waals surface area contributed by atoms with Crippen LogP contribution in [0.2, 0.25) is 0 Å². The van der Waals surface area contributed by atoms with Crippen LogP contribution in [0.15, 0.2) is 79.4 Å². The molecule has 7 rings (SSSR count). The summed E-state index contributed by atoms with van der Waals surface area (Å²) in [6.07, 6.45) is 7.90. The number of nitrogen functional groups attached to an aromatic ring is 1. The quantitative estimate of drug-likeness (QED) is 0.308. The lowest BCUT2D eigenvalue weighted by Gasteiger charge is -2.16. The van der Waals surface area contributed by atoms with E-state index in [1.54, 1.807) is 17.1 Å². The number of imidazole rings is 1. The smallest absolute Gasteiger partial charge is 0.255 e. The molecule has 1 amide bonds. The van der Waals surface area contributed by atoms with E-state index in [1.807, 2.05) is 53.2 Å². The second-order valence-corrected chi connectivity index (χ2v) is 9.80. The maximum absolute atomic E-state index is 14.7. The topological polar surface area (TPSA) is 139 Å². The molecule has 1 aromatic carbocycles. The molecule has 5 aromatic heterocycles. The van der Waals surface area contributed by atoms with Gasteiger partial charge in [-0.3, -0.25) is 9.36 Å². The first-order valence-electron chi connectivity index (χ1n) is 13.2. The Hall–Kier alpha value is -5.65. The van der Waals surface area contributed by atoms with Gasteiger partial charge in [0.05, 0.1) is 24.3 Å². The minimum absolute atomic E-state index is 0.116. The summed E-state index contributed by atoms with van der Waals surface area (Å²) in [6.45, 7) is 0. The summed E-state index contributed by atoms with van der Waals surface area (Å²) in [6, 6.07) is 16.3. The van der Waals surface area contributed by atoms with E-state index >= 15 is 0 Å². The molecule has 0 saturated heterocycles. The number of rotatable bonds is 6. The van der Waals surface area contributed by atoms with Crippen LogP contribution in [-0.4, -0.2) is 47.3 Å². The van der Waals surface area contributed by atoms with Crippen LogP contribution < -0.4 is 15.8 Å². The minimum atomic E-state index is -0.790. The molecular formula is C30H24FN9O2. The number of anilines is 1. The lowest BCUT2D eigenvalue weighted by molar-refractivity contribution is 0.0931. The van der Waals surface area contributed by atoms with Crippen molar-refractivity contribution < 1.29 is 13.9 Å². The summed E-state index contributed by atoms with van der Waals surface area (Å²) >= 11 is 0. The molecule has 0 unspecified atom stereocenters. The number of ether oxygens (including phenoxy) is 1. The molecule has 1 aliphatic carbocycles. The maximum atomic E-state index is 14.7. The summed E-state index contributed by atoms with van der Waals surface area (Å²) < 4.78 is 23.2. The third-order valence-electron chi connectivity index (χ3n) is 7.37. The fraction of sp³-hybridized carbons (Fsp3) is 0.133. The van der Waals surface area contributed by atoms with Crippen LogP contribution in [0.4, 0.5) is 10.2 Å². The first kappa shape index (κ1) is 25.3. The number of hydrogen-bond donors (Lipinski definition) is 2. The van der Waals surface area contributed by atoms with E-state index in [9.17, 15) is 9.18 Å². The molecule has 3 N–H and O–H groups in total. The summed E-state index contributed by atoms with van der Waals surface area (Å²) in [7, 11) is 1.31. The average Bonchev–Trinajstić information content (AvgIpc) is 3.76. The van der Waals surface area contributed by atoms with E-state index in [0.717, 1.165) is 23.2 Å². The van der Waals surface area contributed by atoms with E-state index in [2.05, 4.69) is 26.4 Å². The zero-order valence-corrected chi connectivity index (χ0v) is 22.4. The molecule has 42 heavy (non-hydrogen) atoms. The molecule has 0 fully saturated rings. The van der Waals surface area contributed by atoms with Crippen molar-refractivity contribution >= 4 is 22.9 Å². The van der Waals surface area contributed by atoms with Crippen LogP contribution in [0.25, 0.3) is 34.1 Å².